The Labute approximate surface area is 194 Å². The topological polar surface area (TPSA) is 116 Å². The number of carbonyl (C=O) groups is 3. The number of H-pyrrole nitrogens is 1. The van der Waals surface area contributed by atoms with Gasteiger partial charge >= 0.3 is 6.03 Å². The largest absolute Gasteiger partial charge is 0.378 e. The molecule has 9 heteroatoms. The number of amides is 3. The zero-order valence-electron chi connectivity index (χ0n) is 19.3. The van der Waals surface area contributed by atoms with Crippen LogP contribution in [0.25, 0.3) is 0 Å². The summed E-state index contributed by atoms with van der Waals surface area (Å²) in [6, 6.07) is 7.99. The first-order valence-corrected chi connectivity index (χ1v) is 11.4. The summed E-state index contributed by atoms with van der Waals surface area (Å²) in [5, 5.41) is 5.74. The third-order valence-corrected chi connectivity index (χ3v) is 5.55. The van der Waals surface area contributed by atoms with E-state index >= 15 is 0 Å². The highest BCUT2D eigenvalue weighted by Gasteiger charge is 2.30. The molecule has 1 aliphatic heterocycles. The fourth-order valence-corrected chi connectivity index (χ4v) is 3.77. The second kappa shape index (κ2) is 12.2. The Hall–Kier alpha value is -3.20. The Morgan fingerprint density at radius 1 is 1.09 bits per heavy atom. The van der Waals surface area contributed by atoms with Crippen molar-refractivity contribution >= 4 is 17.7 Å². The minimum atomic E-state index is -0.765. The summed E-state index contributed by atoms with van der Waals surface area (Å²) in [6.07, 6.45) is 4.58. The smallest absolute Gasteiger partial charge is 0.318 e. The van der Waals surface area contributed by atoms with Crippen LogP contribution in [-0.2, 0) is 16.0 Å². The number of urea groups is 1. The molecule has 0 spiro atoms. The van der Waals surface area contributed by atoms with Crippen LogP contribution in [0.4, 0.5) is 4.79 Å². The molecule has 33 heavy (non-hydrogen) atoms. The number of nitrogens with one attached hydrogen (secondary N) is 3. The highest BCUT2D eigenvalue weighted by Crippen LogP contribution is 2.11. The number of ketones is 1. The Morgan fingerprint density at radius 2 is 1.82 bits per heavy atom. The predicted molar refractivity (Wildman–Crippen MR) is 124 cm³/mol. The third kappa shape index (κ3) is 7.42. The molecule has 1 unspecified atom stereocenters. The quantitative estimate of drug-likeness (QED) is 0.475. The molecule has 178 valence electrons. The zero-order chi connectivity index (χ0) is 23.6. The lowest BCUT2D eigenvalue weighted by atomic mass is 9.99. The van der Waals surface area contributed by atoms with E-state index in [4.69, 9.17) is 4.74 Å². The van der Waals surface area contributed by atoms with Crippen LogP contribution >= 0.6 is 0 Å². The maximum atomic E-state index is 13.2. The fourth-order valence-electron chi connectivity index (χ4n) is 3.77. The number of hydrogen-bond donors (Lipinski definition) is 3. The average molecular weight is 456 g/mol. The summed E-state index contributed by atoms with van der Waals surface area (Å²) in [5.41, 5.74) is 1.07. The molecule has 2 heterocycles. The van der Waals surface area contributed by atoms with Gasteiger partial charge in [0.05, 0.1) is 19.3 Å². The van der Waals surface area contributed by atoms with Gasteiger partial charge < -0.3 is 25.3 Å². The fraction of sp³-hybridized carbons (Fsp3) is 0.500. The van der Waals surface area contributed by atoms with Gasteiger partial charge in [0.15, 0.2) is 5.82 Å². The number of benzene rings is 1. The first-order valence-electron chi connectivity index (χ1n) is 11.4. The van der Waals surface area contributed by atoms with Crippen molar-refractivity contribution in [3.63, 3.8) is 0 Å². The number of rotatable bonds is 10. The molecular weight excluding hydrogens is 422 g/mol. The maximum Gasteiger partial charge on any atom is 0.318 e. The Morgan fingerprint density at radius 3 is 2.45 bits per heavy atom. The molecule has 3 N–H and O–H groups in total. The van der Waals surface area contributed by atoms with E-state index < -0.39 is 12.1 Å². The summed E-state index contributed by atoms with van der Waals surface area (Å²) >= 11 is 0. The van der Waals surface area contributed by atoms with Gasteiger partial charge in [-0.15, -0.1) is 0 Å². The zero-order valence-corrected chi connectivity index (χ0v) is 19.3. The first-order chi connectivity index (χ1) is 15.9. The van der Waals surface area contributed by atoms with E-state index in [2.05, 4.69) is 20.6 Å². The highest BCUT2D eigenvalue weighted by atomic mass is 16.5. The van der Waals surface area contributed by atoms with Gasteiger partial charge in [0.25, 0.3) is 0 Å². The lowest BCUT2D eigenvalue weighted by Gasteiger charge is -2.30. The maximum absolute atomic E-state index is 13.2. The van der Waals surface area contributed by atoms with Crippen molar-refractivity contribution in [1.29, 1.82) is 0 Å². The molecule has 0 saturated carbocycles. The molecule has 9 nitrogen and oxygen atoms in total. The molecule has 1 saturated heterocycles. The van der Waals surface area contributed by atoms with E-state index in [1.807, 2.05) is 44.2 Å². The number of aromatic amines is 1. The van der Waals surface area contributed by atoms with E-state index in [1.54, 1.807) is 11.1 Å². The molecule has 1 aromatic heterocycles. The lowest BCUT2D eigenvalue weighted by Crippen LogP contribution is -2.56. The number of aryl methyl sites for hydroxylation is 1. The van der Waals surface area contributed by atoms with Gasteiger partial charge in [-0.1, -0.05) is 44.2 Å². The van der Waals surface area contributed by atoms with E-state index in [1.165, 1.54) is 6.20 Å². The van der Waals surface area contributed by atoms with Crippen LogP contribution in [0, 0.1) is 5.92 Å². The summed E-state index contributed by atoms with van der Waals surface area (Å²) in [7, 11) is 0. The summed E-state index contributed by atoms with van der Waals surface area (Å²) in [5.74, 6) is -0.282. The Bertz CT molecular complexity index is 895. The number of aromatic nitrogens is 2. The number of ether oxygens (including phenoxy) is 1. The number of Topliss-reactive ketones (excluding diaryl/α,β-unsaturated/α-hetero) is 1. The molecule has 1 fully saturated rings. The van der Waals surface area contributed by atoms with Crippen molar-refractivity contribution in [1.82, 2.24) is 25.5 Å². The minimum absolute atomic E-state index is 0.175. The van der Waals surface area contributed by atoms with E-state index in [-0.39, 0.29) is 29.5 Å². The van der Waals surface area contributed by atoms with Crippen molar-refractivity contribution in [2.45, 2.75) is 45.2 Å². The molecule has 0 aliphatic carbocycles. The molecule has 0 bridgehead atoms. The normalized spacial score (nSPS) is 15.7. The number of imidazole rings is 1. The monoisotopic (exact) mass is 455 g/mol. The van der Waals surface area contributed by atoms with Gasteiger partial charge in [-0.2, -0.15) is 0 Å². The minimum Gasteiger partial charge on any atom is -0.378 e. The molecule has 2 aromatic rings. The summed E-state index contributed by atoms with van der Waals surface area (Å²) < 4.78 is 5.30. The molecular formula is C24H33N5O4. The van der Waals surface area contributed by atoms with Crippen LogP contribution < -0.4 is 10.6 Å². The van der Waals surface area contributed by atoms with Gasteiger partial charge in [0.1, 0.15) is 6.04 Å². The SMILES string of the molecule is CC(C)C[C@H](NC(=O)N1CCOCC1)C(=O)NC(CCc1ccccc1)C(=O)c1ncc[nH]1. The first kappa shape index (κ1) is 24.4. The second-order valence-electron chi connectivity index (χ2n) is 8.62. The molecule has 2 atom stereocenters. The van der Waals surface area contributed by atoms with Crippen molar-refractivity contribution in [2.75, 3.05) is 26.3 Å². The van der Waals surface area contributed by atoms with Crippen LogP contribution in [0.15, 0.2) is 42.7 Å². The van der Waals surface area contributed by atoms with Crippen LogP contribution in [-0.4, -0.2) is 71.0 Å². The van der Waals surface area contributed by atoms with Crippen molar-refractivity contribution in [3.8, 4) is 0 Å². The second-order valence-corrected chi connectivity index (χ2v) is 8.62. The molecule has 3 amide bonds. The van der Waals surface area contributed by atoms with Crippen LogP contribution in [0.3, 0.4) is 0 Å². The van der Waals surface area contributed by atoms with Gasteiger partial charge in [-0.05, 0) is 30.7 Å². The number of morpholine rings is 1. The van der Waals surface area contributed by atoms with Crippen LogP contribution in [0.1, 0.15) is 42.9 Å². The number of carbonyl (C=O) groups excluding carboxylic acids is 3. The average Bonchev–Trinajstić information content (AvgIpc) is 3.36. The lowest BCUT2D eigenvalue weighted by molar-refractivity contribution is -0.123. The summed E-state index contributed by atoms with van der Waals surface area (Å²) in [6.45, 7) is 5.91. The number of hydrogen-bond acceptors (Lipinski definition) is 5. The van der Waals surface area contributed by atoms with Crippen molar-refractivity contribution in [3.05, 3.63) is 54.1 Å². The van der Waals surface area contributed by atoms with E-state index in [0.29, 0.717) is 45.6 Å². The van der Waals surface area contributed by atoms with Gasteiger partial charge in [-0.3, -0.25) is 9.59 Å². The van der Waals surface area contributed by atoms with Gasteiger partial charge in [-0.25, -0.2) is 9.78 Å². The molecule has 1 aliphatic rings. The highest BCUT2D eigenvalue weighted by molar-refractivity contribution is 6.00. The van der Waals surface area contributed by atoms with Crippen LogP contribution in [0.5, 0.6) is 0 Å². The van der Waals surface area contributed by atoms with E-state index in [0.717, 1.165) is 5.56 Å². The third-order valence-electron chi connectivity index (χ3n) is 5.55. The van der Waals surface area contributed by atoms with E-state index in [9.17, 15) is 14.4 Å². The van der Waals surface area contributed by atoms with Gasteiger partial charge in [0, 0.05) is 25.5 Å². The number of nitrogens with zero attached hydrogens (tertiary/aromatic N) is 2. The molecule has 0 radical (unpaired) electrons. The molecule has 3 rings (SSSR count). The standard InChI is InChI=1S/C24H33N5O4/c1-17(2)16-20(28-24(32)29-12-14-33-15-13-29)23(31)27-19(21(30)22-25-10-11-26-22)9-8-18-6-4-3-5-7-18/h3-7,10-11,17,19-20H,8-9,12-16H2,1-2H3,(H,25,26)(H,27,31)(H,28,32)/t19?,20-/m0/s1. The Kier molecular flexibility index (Phi) is 9.00. The van der Waals surface area contributed by atoms with Crippen molar-refractivity contribution in [2.24, 2.45) is 5.92 Å². The Balaban J connectivity index is 1.70. The van der Waals surface area contributed by atoms with Crippen LogP contribution in [0.2, 0.25) is 0 Å². The summed E-state index contributed by atoms with van der Waals surface area (Å²) in [4.78, 5) is 47.5. The predicted octanol–water partition coefficient (Wildman–Crippen LogP) is 2.17. The van der Waals surface area contributed by atoms with Crippen molar-refractivity contribution < 1.29 is 19.1 Å². The molecule has 1 aromatic carbocycles. The van der Waals surface area contributed by atoms with Gasteiger partial charge in [0.2, 0.25) is 11.7 Å².